The molecule has 0 radical (unpaired) electrons. The number of rotatable bonds is 3. The molecule has 0 saturated carbocycles. The highest BCUT2D eigenvalue weighted by atomic mass is 35.5. The van der Waals surface area contributed by atoms with Crippen LogP contribution in [0.25, 0.3) is 0 Å². The van der Waals surface area contributed by atoms with Gasteiger partial charge in [0.05, 0.1) is 0 Å². The van der Waals surface area contributed by atoms with Gasteiger partial charge in [-0.3, -0.25) is 5.32 Å². The minimum Gasteiger partial charge on any atom is -0.287 e. The molecule has 0 heterocycles. The topological polar surface area (TPSA) is 12.0 Å². The lowest BCUT2D eigenvalue weighted by Crippen LogP contribution is -2.32. The summed E-state index contributed by atoms with van der Waals surface area (Å²) in [6.45, 7) is 4.71. The summed E-state index contributed by atoms with van der Waals surface area (Å²) >= 11 is 11.4. The largest absolute Gasteiger partial charge is 0.287 e. The fraction of sp³-hybridized carbons (Fsp3) is 1.00. The normalized spacial score (nSPS) is 12.0. The van der Waals surface area contributed by atoms with Crippen LogP contribution in [0.2, 0.25) is 0 Å². The van der Waals surface area contributed by atoms with E-state index in [0.29, 0.717) is 0 Å². The lowest BCUT2D eigenvalue weighted by Gasteiger charge is -2.16. The van der Waals surface area contributed by atoms with Crippen LogP contribution in [0.3, 0.4) is 0 Å². The molecule has 0 aromatic heterocycles. The van der Waals surface area contributed by atoms with Crippen molar-refractivity contribution < 1.29 is 0 Å². The SMILES string of the molecule is CCNC(Cl)(Cl)CC. The number of hydrogen-bond acceptors (Lipinski definition) is 1. The molecule has 0 amide bonds. The van der Waals surface area contributed by atoms with Crippen LogP contribution in [0.4, 0.5) is 0 Å². The fourth-order valence-electron chi connectivity index (χ4n) is 0.384. The van der Waals surface area contributed by atoms with E-state index in [-0.39, 0.29) is 0 Å². The third kappa shape index (κ3) is 3.53. The van der Waals surface area contributed by atoms with Crippen LogP contribution in [-0.2, 0) is 0 Å². The molecule has 0 aromatic carbocycles. The molecule has 3 heteroatoms. The molecule has 0 bridgehead atoms. The minimum absolute atomic E-state index is 0.714. The van der Waals surface area contributed by atoms with Crippen LogP contribution in [0.15, 0.2) is 0 Å². The predicted molar refractivity (Wildman–Crippen MR) is 38.4 cm³/mol. The Morgan fingerprint density at radius 3 is 2.00 bits per heavy atom. The molecular formula is C5H11Cl2N. The zero-order chi connectivity index (χ0) is 6.62. The zero-order valence-electron chi connectivity index (χ0n) is 5.17. The molecule has 0 aliphatic carbocycles. The van der Waals surface area contributed by atoms with Gasteiger partial charge in [0.25, 0.3) is 0 Å². The minimum atomic E-state index is -0.714. The molecule has 1 N–H and O–H groups in total. The number of halogens is 2. The van der Waals surface area contributed by atoms with Gasteiger partial charge in [-0.15, -0.1) is 0 Å². The van der Waals surface area contributed by atoms with Crippen molar-refractivity contribution in [2.24, 2.45) is 0 Å². The van der Waals surface area contributed by atoms with Crippen LogP contribution in [0.1, 0.15) is 20.3 Å². The van der Waals surface area contributed by atoms with E-state index >= 15 is 0 Å². The van der Waals surface area contributed by atoms with Gasteiger partial charge in [-0.1, -0.05) is 37.0 Å². The molecule has 0 aromatic rings. The second kappa shape index (κ2) is 3.54. The summed E-state index contributed by atoms with van der Waals surface area (Å²) in [6.07, 6.45) is 0.726. The van der Waals surface area contributed by atoms with Gasteiger partial charge in [-0.05, 0) is 13.0 Å². The number of hydrogen-bond donors (Lipinski definition) is 1. The van der Waals surface area contributed by atoms with Crippen molar-refractivity contribution in [3.63, 3.8) is 0 Å². The molecule has 0 rings (SSSR count). The maximum atomic E-state index is 5.68. The van der Waals surface area contributed by atoms with Gasteiger partial charge in [0.1, 0.15) is 0 Å². The Hall–Kier alpha value is 0.540. The Labute approximate surface area is 60.4 Å². The van der Waals surface area contributed by atoms with Gasteiger partial charge < -0.3 is 0 Å². The maximum Gasteiger partial charge on any atom is 0.168 e. The van der Waals surface area contributed by atoms with Crippen molar-refractivity contribution in [3.8, 4) is 0 Å². The van der Waals surface area contributed by atoms with E-state index in [9.17, 15) is 0 Å². The highest BCUT2D eigenvalue weighted by Crippen LogP contribution is 2.19. The fourth-order valence-corrected chi connectivity index (χ4v) is 0.651. The maximum absolute atomic E-state index is 5.68. The Morgan fingerprint density at radius 1 is 1.38 bits per heavy atom. The summed E-state index contributed by atoms with van der Waals surface area (Å²) in [6, 6.07) is 0. The van der Waals surface area contributed by atoms with Gasteiger partial charge in [0, 0.05) is 0 Å². The highest BCUT2D eigenvalue weighted by Gasteiger charge is 2.17. The molecule has 50 valence electrons. The van der Waals surface area contributed by atoms with Crippen molar-refractivity contribution in [1.29, 1.82) is 0 Å². The van der Waals surface area contributed by atoms with Crippen LogP contribution >= 0.6 is 23.2 Å². The Balaban J connectivity index is 3.37. The first-order valence-corrected chi connectivity index (χ1v) is 3.51. The summed E-state index contributed by atoms with van der Waals surface area (Å²) in [5, 5.41) is 2.90. The van der Waals surface area contributed by atoms with Crippen molar-refractivity contribution >= 4 is 23.2 Å². The smallest absolute Gasteiger partial charge is 0.168 e. The molecular weight excluding hydrogens is 145 g/mol. The van der Waals surface area contributed by atoms with E-state index < -0.39 is 4.46 Å². The first kappa shape index (κ1) is 8.54. The van der Waals surface area contributed by atoms with Crippen LogP contribution in [0, 0.1) is 0 Å². The van der Waals surface area contributed by atoms with Gasteiger partial charge in [0.15, 0.2) is 4.46 Å². The van der Waals surface area contributed by atoms with Crippen LogP contribution in [-0.4, -0.2) is 11.0 Å². The lowest BCUT2D eigenvalue weighted by molar-refractivity contribution is 0.595. The van der Waals surface area contributed by atoms with Gasteiger partial charge in [0.2, 0.25) is 0 Å². The summed E-state index contributed by atoms with van der Waals surface area (Å²) in [5.74, 6) is 0. The van der Waals surface area contributed by atoms with E-state index in [0.717, 1.165) is 13.0 Å². The predicted octanol–water partition coefficient (Wildman–Crippen LogP) is 2.14. The summed E-state index contributed by atoms with van der Waals surface area (Å²) < 4.78 is -0.714. The summed E-state index contributed by atoms with van der Waals surface area (Å²) in [4.78, 5) is 0. The van der Waals surface area contributed by atoms with E-state index in [1.54, 1.807) is 0 Å². The number of nitrogens with one attached hydrogen (secondary N) is 1. The van der Waals surface area contributed by atoms with Crippen LogP contribution < -0.4 is 5.32 Å². The first-order chi connectivity index (χ1) is 3.62. The second-order valence-corrected chi connectivity index (χ2v) is 3.07. The second-order valence-electron chi connectivity index (χ2n) is 1.59. The van der Waals surface area contributed by atoms with Gasteiger partial charge in [-0.2, -0.15) is 0 Å². The third-order valence-corrected chi connectivity index (χ3v) is 1.68. The van der Waals surface area contributed by atoms with Crippen molar-refractivity contribution in [2.75, 3.05) is 6.54 Å². The molecule has 0 spiro atoms. The molecule has 1 nitrogen and oxygen atoms in total. The molecule has 0 atom stereocenters. The molecule has 0 unspecified atom stereocenters. The van der Waals surface area contributed by atoms with Gasteiger partial charge in [-0.25, -0.2) is 0 Å². The summed E-state index contributed by atoms with van der Waals surface area (Å²) in [5.41, 5.74) is 0. The Morgan fingerprint density at radius 2 is 1.88 bits per heavy atom. The monoisotopic (exact) mass is 155 g/mol. The lowest BCUT2D eigenvalue weighted by atomic mass is 10.4. The highest BCUT2D eigenvalue weighted by molar-refractivity contribution is 6.47. The molecule has 0 saturated heterocycles. The Kier molecular flexibility index (Phi) is 3.78. The van der Waals surface area contributed by atoms with E-state index in [4.69, 9.17) is 23.2 Å². The third-order valence-electron chi connectivity index (χ3n) is 0.879. The molecule has 8 heavy (non-hydrogen) atoms. The van der Waals surface area contributed by atoms with Crippen LogP contribution in [0.5, 0.6) is 0 Å². The number of alkyl halides is 2. The van der Waals surface area contributed by atoms with Crippen molar-refractivity contribution in [3.05, 3.63) is 0 Å². The van der Waals surface area contributed by atoms with E-state index in [1.165, 1.54) is 0 Å². The molecule has 0 fully saturated rings. The Bertz CT molecular complexity index is 63.4. The standard InChI is InChI=1S/C5H11Cl2N/c1-3-5(6,7)8-4-2/h8H,3-4H2,1-2H3. The average Bonchev–Trinajstić information content (AvgIpc) is 1.67. The van der Waals surface area contributed by atoms with Crippen molar-refractivity contribution in [1.82, 2.24) is 5.32 Å². The van der Waals surface area contributed by atoms with Crippen molar-refractivity contribution in [2.45, 2.75) is 24.7 Å². The summed E-state index contributed by atoms with van der Waals surface area (Å²) in [7, 11) is 0. The van der Waals surface area contributed by atoms with E-state index in [2.05, 4.69) is 5.32 Å². The van der Waals surface area contributed by atoms with E-state index in [1.807, 2.05) is 13.8 Å². The molecule has 0 aliphatic heterocycles. The van der Waals surface area contributed by atoms with Gasteiger partial charge >= 0.3 is 0 Å². The quantitative estimate of drug-likeness (QED) is 0.487. The average molecular weight is 156 g/mol. The zero-order valence-corrected chi connectivity index (χ0v) is 6.68. The first-order valence-electron chi connectivity index (χ1n) is 2.75. The molecule has 0 aliphatic rings.